The van der Waals surface area contributed by atoms with E-state index in [0.717, 1.165) is 19.3 Å². The van der Waals surface area contributed by atoms with Crippen molar-refractivity contribution in [3.63, 3.8) is 0 Å². The van der Waals surface area contributed by atoms with Crippen LogP contribution >= 0.6 is 0 Å². The van der Waals surface area contributed by atoms with E-state index in [-0.39, 0.29) is 0 Å². The van der Waals surface area contributed by atoms with Gasteiger partial charge in [0, 0.05) is 23.5 Å². The van der Waals surface area contributed by atoms with Gasteiger partial charge in [-0.15, -0.1) is 0 Å². The third-order valence-electron chi connectivity index (χ3n) is 4.60. The molecule has 2 aromatic carbocycles. The molecular formula is C19H22N2. The Kier molecular flexibility index (Phi) is 2.91. The highest BCUT2D eigenvalue weighted by atomic mass is 14.9. The zero-order valence-corrected chi connectivity index (χ0v) is 12.7. The van der Waals surface area contributed by atoms with Crippen molar-refractivity contribution < 1.29 is 0 Å². The second-order valence-electron chi connectivity index (χ2n) is 6.66. The quantitative estimate of drug-likeness (QED) is 0.868. The number of fused-ring (bicyclic) bond motifs is 2. The second kappa shape index (κ2) is 4.80. The topological polar surface area (TPSA) is 24.1 Å². The van der Waals surface area contributed by atoms with Crippen LogP contribution in [0, 0.1) is 0 Å². The molecule has 0 saturated carbocycles. The zero-order valence-electron chi connectivity index (χ0n) is 12.7. The molecule has 0 aromatic heterocycles. The molecule has 0 fully saturated rings. The Morgan fingerprint density at radius 3 is 1.76 bits per heavy atom. The minimum absolute atomic E-state index is 0.572. The van der Waals surface area contributed by atoms with E-state index < -0.39 is 0 Å². The standard InChI is InChI=1S/C19H22N2/c1-12-7-16-10-14(3-5-18(16)20-12)9-15-4-6-19-17(11-15)8-13(2)21-19/h3-6,10-13,20-21H,7-9H2,1-2H3. The fourth-order valence-electron chi connectivity index (χ4n) is 3.66. The lowest BCUT2D eigenvalue weighted by molar-refractivity contribution is 0.838. The fraction of sp³-hybridized carbons (Fsp3) is 0.368. The van der Waals surface area contributed by atoms with Crippen LogP contribution in [-0.2, 0) is 19.3 Å². The number of nitrogens with one attached hydrogen (secondary N) is 2. The second-order valence-corrected chi connectivity index (χ2v) is 6.66. The SMILES string of the molecule is CC1Cc2cc(Cc3ccc4c(c3)CC(C)N4)ccc2N1. The van der Waals surface area contributed by atoms with Gasteiger partial charge in [0.1, 0.15) is 0 Å². The molecule has 21 heavy (non-hydrogen) atoms. The number of anilines is 2. The molecule has 4 rings (SSSR count). The Balaban J connectivity index is 1.57. The number of hydrogen-bond donors (Lipinski definition) is 2. The molecule has 2 aliphatic heterocycles. The molecule has 108 valence electrons. The molecule has 0 aliphatic carbocycles. The Hall–Kier alpha value is -1.96. The summed E-state index contributed by atoms with van der Waals surface area (Å²) >= 11 is 0. The Morgan fingerprint density at radius 1 is 0.810 bits per heavy atom. The van der Waals surface area contributed by atoms with Gasteiger partial charge in [-0.25, -0.2) is 0 Å². The van der Waals surface area contributed by atoms with Crippen molar-refractivity contribution in [2.75, 3.05) is 10.6 Å². The minimum Gasteiger partial charge on any atom is -0.382 e. The molecule has 0 amide bonds. The first kappa shape index (κ1) is 12.8. The molecular weight excluding hydrogens is 256 g/mol. The van der Waals surface area contributed by atoms with E-state index in [9.17, 15) is 0 Å². The fourth-order valence-corrected chi connectivity index (χ4v) is 3.66. The summed E-state index contributed by atoms with van der Waals surface area (Å²) in [5, 5.41) is 7.04. The average Bonchev–Trinajstić information content (AvgIpc) is 2.98. The van der Waals surface area contributed by atoms with Crippen molar-refractivity contribution in [3.05, 3.63) is 58.7 Å². The molecule has 2 heteroatoms. The van der Waals surface area contributed by atoms with Crippen LogP contribution in [-0.4, -0.2) is 12.1 Å². The maximum atomic E-state index is 3.52. The van der Waals surface area contributed by atoms with Gasteiger partial charge in [-0.2, -0.15) is 0 Å². The van der Waals surface area contributed by atoms with E-state index >= 15 is 0 Å². The lowest BCUT2D eigenvalue weighted by atomic mass is 9.99. The molecule has 2 nitrogen and oxygen atoms in total. The minimum atomic E-state index is 0.572. The lowest BCUT2D eigenvalue weighted by Crippen LogP contribution is -2.08. The van der Waals surface area contributed by atoms with E-state index in [1.54, 1.807) is 0 Å². The Morgan fingerprint density at radius 2 is 1.29 bits per heavy atom. The van der Waals surface area contributed by atoms with Crippen LogP contribution in [0.1, 0.15) is 36.1 Å². The van der Waals surface area contributed by atoms with Crippen LogP contribution in [0.2, 0.25) is 0 Å². The predicted octanol–water partition coefficient (Wildman–Crippen LogP) is 3.99. The number of benzene rings is 2. The molecule has 2 N–H and O–H groups in total. The highest BCUT2D eigenvalue weighted by molar-refractivity contribution is 5.60. The van der Waals surface area contributed by atoms with E-state index in [0.29, 0.717) is 12.1 Å². The summed E-state index contributed by atoms with van der Waals surface area (Å²) in [7, 11) is 0. The average molecular weight is 278 g/mol. The summed E-state index contributed by atoms with van der Waals surface area (Å²) in [5.41, 5.74) is 8.41. The summed E-state index contributed by atoms with van der Waals surface area (Å²) in [5.74, 6) is 0. The van der Waals surface area contributed by atoms with Gasteiger partial charge in [0.2, 0.25) is 0 Å². The number of rotatable bonds is 2. The van der Waals surface area contributed by atoms with Gasteiger partial charge in [0.15, 0.2) is 0 Å². The summed E-state index contributed by atoms with van der Waals surface area (Å²) in [6.45, 7) is 4.49. The van der Waals surface area contributed by atoms with E-state index in [2.05, 4.69) is 60.9 Å². The third-order valence-corrected chi connectivity index (χ3v) is 4.60. The molecule has 2 heterocycles. The van der Waals surface area contributed by atoms with Crippen molar-refractivity contribution in [3.8, 4) is 0 Å². The highest BCUT2D eigenvalue weighted by Gasteiger charge is 2.18. The smallest absolute Gasteiger partial charge is 0.0375 e. The van der Waals surface area contributed by atoms with Crippen molar-refractivity contribution in [2.24, 2.45) is 0 Å². The third kappa shape index (κ3) is 2.39. The Labute approximate surface area is 126 Å². The van der Waals surface area contributed by atoms with E-state index in [4.69, 9.17) is 0 Å². The summed E-state index contributed by atoms with van der Waals surface area (Å²) in [6, 6.07) is 14.9. The molecule has 2 atom stereocenters. The molecule has 2 aromatic rings. The van der Waals surface area contributed by atoms with Gasteiger partial charge in [-0.3, -0.25) is 0 Å². The molecule has 0 spiro atoms. The monoisotopic (exact) mass is 278 g/mol. The first-order chi connectivity index (χ1) is 10.2. The molecule has 0 bridgehead atoms. The van der Waals surface area contributed by atoms with Gasteiger partial charge in [0.05, 0.1) is 0 Å². The van der Waals surface area contributed by atoms with Crippen molar-refractivity contribution in [2.45, 2.75) is 45.2 Å². The summed E-state index contributed by atoms with van der Waals surface area (Å²) in [4.78, 5) is 0. The first-order valence-electron chi connectivity index (χ1n) is 7.94. The predicted molar refractivity (Wildman–Crippen MR) is 89.3 cm³/mol. The highest BCUT2D eigenvalue weighted by Crippen LogP contribution is 2.29. The Bertz CT molecular complexity index is 630. The van der Waals surface area contributed by atoms with Crippen LogP contribution in [0.5, 0.6) is 0 Å². The van der Waals surface area contributed by atoms with Crippen LogP contribution in [0.3, 0.4) is 0 Å². The van der Waals surface area contributed by atoms with Gasteiger partial charge in [-0.1, -0.05) is 24.3 Å². The largest absolute Gasteiger partial charge is 0.382 e. The zero-order chi connectivity index (χ0) is 14.4. The summed E-state index contributed by atoms with van der Waals surface area (Å²) < 4.78 is 0. The maximum Gasteiger partial charge on any atom is 0.0375 e. The van der Waals surface area contributed by atoms with E-state index in [1.165, 1.54) is 33.6 Å². The lowest BCUT2D eigenvalue weighted by Gasteiger charge is -2.07. The van der Waals surface area contributed by atoms with Crippen LogP contribution in [0.15, 0.2) is 36.4 Å². The van der Waals surface area contributed by atoms with E-state index in [1.807, 2.05) is 0 Å². The van der Waals surface area contributed by atoms with Crippen molar-refractivity contribution >= 4 is 11.4 Å². The van der Waals surface area contributed by atoms with Crippen molar-refractivity contribution in [1.82, 2.24) is 0 Å². The molecule has 0 radical (unpaired) electrons. The first-order valence-corrected chi connectivity index (χ1v) is 7.94. The van der Waals surface area contributed by atoms with Crippen LogP contribution < -0.4 is 10.6 Å². The maximum absolute atomic E-state index is 3.52. The van der Waals surface area contributed by atoms with Gasteiger partial charge in [-0.05, 0) is 67.5 Å². The molecule has 0 saturated heterocycles. The molecule has 2 unspecified atom stereocenters. The summed E-state index contributed by atoms with van der Waals surface area (Å²) in [6.07, 6.45) is 3.33. The van der Waals surface area contributed by atoms with Crippen LogP contribution in [0.25, 0.3) is 0 Å². The van der Waals surface area contributed by atoms with Crippen LogP contribution in [0.4, 0.5) is 11.4 Å². The van der Waals surface area contributed by atoms with Crippen molar-refractivity contribution in [1.29, 1.82) is 0 Å². The van der Waals surface area contributed by atoms with Gasteiger partial charge in [0.25, 0.3) is 0 Å². The number of hydrogen-bond acceptors (Lipinski definition) is 2. The normalized spacial score (nSPS) is 22.4. The molecule has 2 aliphatic rings. The van der Waals surface area contributed by atoms with Gasteiger partial charge < -0.3 is 10.6 Å². The van der Waals surface area contributed by atoms with Gasteiger partial charge >= 0.3 is 0 Å².